The Morgan fingerprint density at radius 2 is 1.81 bits per heavy atom. The molecule has 1 aromatic carbocycles. The molecule has 2 aliphatic rings. The third-order valence-electron chi connectivity index (χ3n) is 4.77. The van der Waals surface area contributed by atoms with Crippen molar-refractivity contribution in [3.8, 4) is 0 Å². The normalized spacial score (nSPS) is 21.9. The van der Waals surface area contributed by atoms with Gasteiger partial charge in [-0.25, -0.2) is 0 Å². The smallest absolute Gasteiger partial charge is 0.299 e. The Bertz CT molecular complexity index is 624. The van der Waals surface area contributed by atoms with E-state index >= 15 is 0 Å². The highest BCUT2D eigenvalue weighted by Gasteiger charge is 2.35. The summed E-state index contributed by atoms with van der Waals surface area (Å²) in [5.41, 5.74) is 2.41. The largest absolute Gasteiger partial charge is 0.368 e. The maximum atomic E-state index is 11.8. The van der Waals surface area contributed by atoms with Gasteiger partial charge in [0.05, 0.1) is 11.3 Å². The molecule has 0 atom stereocenters. The lowest BCUT2D eigenvalue weighted by molar-refractivity contribution is -0.114. The Balaban J connectivity index is 1.92. The molecule has 0 spiro atoms. The second kappa shape index (κ2) is 4.56. The van der Waals surface area contributed by atoms with Gasteiger partial charge in [0.25, 0.3) is 11.7 Å². The van der Waals surface area contributed by atoms with E-state index in [9.17, 15) is 9.59 Å². The Morgan fingerprint density at radius 3 is 2.48 bits per heavy atom. The van der Waals surface area contributed by atoms with Crippen LogP contribution in [0.3, 0.4) is 0 Å². The molecule has 2 heterocycles. The van der Waals surface area contributed by atoms with Crippen molar-refractivity contribution in [2.75, 3.05) is 43.5 Å². The van der Waals surface area contributed by atoms with Crippen molar-refractivity contribution >= 4 is 23.1 Å². The lowest BCUT2D eigenvalue weighted by atomic mass is 9.99. The van der Waals surface area contributed by atoms with E-state index in [0.717, 1.165) is 31.0 Å². The number of fused-ring (bicyclic) bond motifs is 1. The number of piperazine rings is 1. The number of amides is 1. The average molecular weight is 287 g/mol. The summed E-state index contributed by atoms with van der Waals surface area (Å²) < 4.78 is 0. The number of Topliss-reactive ketones (excluding diaryl/α,β-unsaturated/α-hetero) is 1. The molecule has 0 aromatic heterocycles. The van der Waals surface area contributed by atoms with Gasteiger partial charge < -0.3 is 9.80 Å². The van der Waals surface area contributed by atoms with Gasteiger partial charge in [0.15, 0.2) is 0 Å². The zero-order chi connectivity index (χ0) is 15.4. The van der Waals surface area contributed by atoms with E-state index in [1.165, 1.54) is 4.90 Å². The number of hydrogen-bond donors (Lipinski definition) is 0. The summed E-state index contributed by atoms with van der Waals surface area (Å²) >= 11 is 0. The summed E-state index contributed by atoms with van der Waals surface area (Å²) in [6.07, 6.45) is 0. The van der Waals surface area contributed by atoms with Crippen LogP contribution in [0.4, 0.5) is 11.4 Å². The second-order valence-corrected chi connectivity index (χ2v) is 6.55. The minimum absolute atomic E-state index is 0.106. The maximum Gasteiger partial charge on any atom is 0.299 e. The van der Waals surface area contributed by atoms with Crippen LogP contribution in [0, 0.1) is 0 Å². The number of benzene rings is 1. The fourth-order valence-electron chi connectivity index (χ4n) is 3.02. The highest BCUT2D eigenvalue weighted by molar-refractivity contribution is 6.52. The first-order valence-corrected chi connectivity index (χ1v) is 7.24. The van der Waals surface area contributed by atoms with E-state index in [1.807, 2.05) is 12.1 Å². The Hall–Kier alpha value is -1.88. The SMILES string of the molecule is CN1C(=O)C(=O)c2ccc(N3CCN(C)C(C)(C)C3)cc21. The quantitative estimate of drug-likeness (QED) is 0.732. The van der Waals surface area contributed by atoms with Crippen LogP contribution in [-0.2, 0) is 4.79 Å². The molecule has 0 unspecified atom stereocenters. The molecule has 0 bridgehead atoms. The molecule has 1 fully saturated rings. The van der Waals surface area contributed by atoms with Crippen molar-refractivity contribution in [2.24, 2.45) is 0 Å². The van der Waals surface area contributed by atoms with Crippen LogP contribution in [0.5, 0.6) is 0 Å². The molecule has 1 saturated heterocycles. The molecule has 5 nitrogen and oxygen atoms in total. The first-order chi connectivity index (χ1) is 9.81. The van der Waals surface area contributed by atoms with Crippen molar-refractivity contribution in [3.63, 3.8) is 0 Å². The number of anilines is 2. The monoisotopic (exact) mass is 287 g/mol. The number of carbonyl (C=O) groups excluding carboxylic acids is 2. The van der Waals surface area contributed by atoms with Gasteiger partial charge in [-0.15, -0.1) is 0 Å². The van der Waals surface area contributed by atoms with Crippen molar-refractivity contribution in [2.45, 2.75) is 19.4 Å². The van der Waals surface area contributed by atoms with E-state index in [0.29, 0.717) is 5.56 Å². The van der Waals surface area contributed by atoms with Gasteiger partial charge >= 0.3 is 0 Å². The van der Waals surface area contributed by atoms with E-state index in [4.69, 9.17) is 0 Å². The molecule has 1 aromatic rings. The molecule has 112 valence electrons. The predicted octanol–water partition coefficient (Wildman–Crippen LogP) is 1.38. The number of rotatable bonds is 1. The minimum Gasteiger partial charge on any atom is -0.368 e. The summed E-state index contributed by atoms with van der Waals surface area (Å²) in [6.45, 7) is 7.33. The summed E-state index contributed by atoms with van der Waals surface area (Å²) in [5, 5.41) is 0. The fraction of sp³-hybridized carbons (Fsp3) is 0.500. The molecule has 1 amide bonds. The zero-order valence-corrected chi connectivity index (χ0v) is 13.0. The highest BCUT2D eigenvalue weighted by Crippen LogP contribution is 2.33. The van der Waals surface area contributed by atoms with Crippen molar-refractivity contribution in [3.05, 3.63) is 23.8 Å². The van der Waals surface area contributed by atoms with E-state index in [1.54, 1.807) is 13.1 Å². The molecule has 0 N–H and O–H groups in total. The standard InChI is InChI=1S/C16H21N3O2/c1-16(2)10-19(8-7-17(16)3)11-5-6-12-13(9-11)18(4)15(21)14(12)20/h5-6,9H,7-8,10H2,1-4H3. The average Bonchev–Trinajstić information content (AvgIpc) is 2.66. The predicted molar refractivity (Wildman–Crippen MR) is 83.1 cm³/mol. The topological polar surface area (TPSA) is 43.9 Å². The van der Waals surface area contributed by atoms with Crippen molar-refractivity contribution in [1.29, 1.82) is 0 Å². The van der Waals surface area contributed by atoms with Gasteiger partial charge in [-0.05, 0) is 39.1 Å². The Kier molecular flexibility index (Phi) is 3.06. The summed E-state index contributed by atoms with van der Waals surface area (Å²) in [6, 6.07) is 5.68. The fourth-order valence-corrected chi connectivity index (χ4v) is 3.02. The first-order valence-electron chi connectivity index (χ1n) is 7.24. The summed E-state index contributed by atoms with van der Waals surface area (Å²) in [5.74, 6) is -0.849. The second-order valence-electron chi connectivity index (χ2n) is 6.55. The molecule has 21 heavy (non-hydrogen) atoms. The number of hydrogen-bond acceptors (Lipinski definition) is 4. The van der Waals surface area contributed by atoms with Gasteiger partial charge in [-0.2, -0.15) is 0 Å². The van der Waals surface area contributed by atoms with Crippen LogP contribution in [-0.4, -0.2) is 55.9 Å². The number of carbonyl (C=O) groups is 2. The third-order valence-corrected chi connectivity index (χ3v) is 4.77. The Morgan fingerprint density at radius 1 is 1.10 bits per heavy atom. The maximum absolute atomic E-state index is 11.8. The van der Waals surface area contributed by atoms with E-state index in [-0.39, 0.29) is 5.54 Å². The minimum atomic E-state index is -0.444. The van der Waals surface area contributed by atoms with Gasteiger partial charge in [-0.1, -0.05) is 0 Å². The molecular formula is C16H21N3O2. The lowest BCUT2D eigenvalue weighted by Gasteiger charge is -2.46. The first kappa shape index (κ1) is 14.1. The van der Waals surface area contributed by atoms with Gasteiger partial charge in [0.2, 0.25) is 0 Å². The van der Waals surface area contributed by atoms with Crippen LogP contribution in [0.25, 0.3) is 0 Å². The number of ketones is 1. The Labute approximate surface area is 125 Å². The van der Waals surface area contributed by atoms with Crippen LogP contribution >= 0.6 is 0 Å². The summed E-state index contributed by atoms with van der Waals surface area (Å²) in [7, 11) is 3.80. The molecule has 0 saturated carbocycles. The third kappa shape index (κ3) is 2.12. The molecular weight excluding hydrogens is 266 g/mol. The van der Waals surface area contributed by atoms with Gasteiger partial charge in [0.1, 0.15) is 0 Å². The molecule has 5 heteroatoms. The zero-order valence-electron chi connectivity index (χ0n) is 13.0. The highest BCUT2D eigenvalue weighted by atomic mass is 16.2. The molecule has 2 aliphatic heterocycles. The van der Waals surface area contributed by atoms with E-state index in [2.05, 4.69) is 30.7 Å². The number of likely N-dealkylation sites (N-methyl/N-ethyl adjacent to an activating group) is 2. The van der Waals surface area contributed by atoms with Crippen LogP contribution in [0.1, 0.15) is 24.2 Å². The van der Waals surface area contributed by atoms with E-state index < -0.39 is 11.7 Å². The van der Waals surface area contributed by atoms with Crippen LogP contribution in [0.2, 0.25) is 0 Å². The van der Waals surface area contributed by atoms with Crippen molar-refractivity contribution in [1.82, 2.24) is 4.90 Å². The van der Waals surface area contributed by atoms with Crippen molar-refractivity contribution < 1.29 is 9.59 Å². The van der Waals surface area contributed by atoms with Crippen LogP contribution in [0.15, 0.2) is 18.2 Å². The molecule has 0 radical (unpaired) electrons. The van der Waals surface area contributed by atoms with Gasteiger partial charge in [-0.3, -0.25) is 14.5 Å². The molecule has 0 aliphatic carbocycles. The molecule has 3 rings (SSSR count). The number of nitrogens with zero attached hydrogens (tertiary/aromatic N) is 3. The lowest BCUT2D eigenvalue weighted by Crippen LogP contribution is -2.57. The summed E-state index contributed by atoms with van der Waals surface area (Å²) in [4.78, 5) is 29.7. The van der Waals surface area contributed by atoms with Gasteiger partial charge in [0, 0.05) is 37.9 Å². The van der Waals surface area contributed by atoms with Crippen LogP contribution < -0.4 is 9.80 Å².